The van der Waals surface area contributed by atoms with Gasteiger partial charge in [0.25, 0.3) is 5.91 Å². The third-order valence-corrected chi connectivity index (χ3v) is 3.92. The molecule has 0 unspecified atom stereocenters. The standard InChI is InChI=1S/C18H16F6N2O/c1-2-26(8-5-12-3-6-25-7-4-12)16(27)13-9-14(17(19,20)21)11-15(10-13)18(22,23)24/h3-4,6-7,9-11H,2,5,8H2,1H3. The average molecular weight is 390 g/mol. The lowest BCUT2D eigenvalue weighted by atomic mass is 10.0. The number of likely N-dealkylation sites (N-methyl/N-ethyl adjacent to an activating group) is 1. The molecule has 27 heavy (non-hydrogen) atoms. The molecular formula is C18H16F6N2O. The number of benzene rings is 1. The van der Waals surface area contributed by atoms with Crippen molar-refractivity contribution in [3.8, 4) is 0 Å². The molecule has 0 fully saturated rings. The number of hydrogen-bond acceptors (Lipinski definition) is 2. The van der Waals surface area contributed by atoms with E-state index in [4.69, 9.17) is 0 Å². The molecule has 0 bridgehead atoms. The summed E-state index contributed by atoms with van der Waals surface area (Å²) >= 11 is 0. The second kappa shape index (κ2) is 7.98. The van der Waals surface area contributed by atoms with E-state index in [1.165, 1.54) is 4.90 Å². The van der Waals surface area contributed by atoms with E-state index in [9.17, 15) is 31.1 Å². The van der Waals surface area contributed by atoms with E-state index in [2.05, 4.69) is 4.98 Å². The number of carbonyl (C=O) groups excluding carboxylic acids is 1. The highest BCUT2D eigenvalue weighted by Crippen LogP contribution is 2.36. The Morgan fingerprint density at radius 1 is 0.963 bits per heavy atom. The van der Waals surface area contributed by atoms with Crippen LogP contribution >= 0.6 is 0 Å². The summed E-state index contributed by atoms with van der Waals surface area (Å²) in [7, 11) is 0. The average Bonchev–Trinajstić information content (AvgIpc) is 2.61. The van der Waals surface area contributed by atoms with Gasteiger partial charge in [0.2, 0.25) is 0 Å². The van der Waals surface area contributed by atoms with Gasteiger partial charge in [-0.05, 0) is 49.2 Å². The number of carbonyl (C=O) groups is 1. The van der Waals surface area contributed by atoms with Crippen LogP contribution in [-0.4, -0.2) is 28.9 Å². The molecule has 0 N–H and O–H groups in total. The largest absolute Gasteiger partial charge is 0.416 e. The Bertz CT molecular complexity index is 754. The van der Waals surface area contributed by atoms with Gasteiger partial charge < -0.3 is 4.90 Å². The third kappa shape index (κ3) is 5.45. The van der Waals surface area contributed by atoms with Crippen molar-refractivity contribution in [1.29, 1.82) is 0 Å². The molecule has 0 aliphatic heterocycles. The number of hydrogen-bond donors (Lipinski definition) is 0. The lowest BCUT2D eigenvalue weighted by molar-refractivity contribution is -0.143. The Labute approximate surface area is 151 Å². The normalized spacial score (nSPS) is 12.1. The van der Waals surface area contributed by atoms with Gasteiger partial charge in [0.15, 0.2) is 0 Å². The highest BCUT2D eigenvalue weighted by molar-refractivity contribution is 5.94. The SMILES string of the molecule is CCN(CCc1ccncc1)C(=O)c1cc(C(F)(F)F)cc(C(F)(F)F)c1. The quantitative estimate of drug-likeness (QED) is 0.686. The molecule has 0 spiro atoms. The maximum Gasteiger partial charge on any atom is 0.416 e. The highest BCUT2D eigenvalue weighted by atomic mass is 19.4. The fraction of sp³-hybridized carbons (Fsp3) is 0.333. The molecule has 0 aliphatic rings. The van der Waals surface area contributed by atoms with Crippen molar-refractivity contribution in [3.05, 3.63) is 65.0 Å². The second-order valence-electron chi connectivity index (χ2n) is 5.78. The molecule has 0 aliphatic carbocycles. The highest BCUT2D eigenvalue weighted by Gasteiger charge is 2.37. The lowest BCUT2D eigenvalue weighted by Crippen LogP contribution is -2.33. The first-order valence-corrected chi connectivity index (χ1v) is 8.00. The lowest BCUT2D eigenvalue weighted by Gasteiger charge is -2.22. The maximum atomic E-state index is 13.0. The van der Waals surface area contributed by atoms with Gasteiger partial charge >= 0.3 is 12.4 Å². The summed E-state index contributed by atoms with van der Waals surface area (Å²) in [6.45, 7) is 1.89. The molecule has 0 radical (unpaired) electrons. The van der Waals surface area contributed by atoms with Crippen LogP contribution in [0.3, 0.4) is 0 Å². The zero-order valence-corrected chi connectivity index (χ0v) is 14.2. The Morgan fingerprint density at radius 2 is 1.48 bits per heavy atom. The summed E-state index contributed by atoms with van der Waals surface area (Å²) in [4.78, 5) is 17.6. The van der Waals surface area contributed by atoms with Crippen molar-refractivity contribution in [3.63, 3.8) is 0 Å². The van der Waals surface area contributed by atoms with Gasteiger partial charge in [0, 0.05) is 31.0 Å². The minimum absolute atomic E-state index is 0.00400. The molecule has 3 nitrogen and oxygen atoms in total. The van der Waals surface area contributed by atoms with E-state index in [1.807, 2.05) is 0 Å². The van der Waals surface area contributed by atoms with Crippen molar-refractivity contribution < 1.29 is 31.1 Å². The van der Waals surface area contributed by atoms with Crippen LogP contribution < -0.4 is 0 Å². The first-order valence-electron chi connectivity index (χ1n) is 8.00. The number of pyridine rings is 1. The molecule has 0 saturated heterocycles. The van der Waals surface area contributed by atoms with Crippen LogP contribution in [0.4, 0.5) is 26.3 Å². The third-order valence-electron chi connectivity index (χ3n) is 3.92. The minimum Gasteiger partial charge on any atom is -0.339 e. The van der Waals surface area contributed by atoms with Gasteiger partial charge in [0.05, 0.1) is 11.1 Å². The van der Waals surface area contributed by atoms with Crippen LogP contribution in [0, 0.1) is 0 Å². The van der Waals surface area contributed by atoms with Crippen LogP contribution in [0.5, 0.6) is 0 Å². The summed E-state index contributed by atoms with van der Waals surface area (Å²) in [5.41, 5.74) is -2.82. The molecule has 2 aromatic rings. The van der Waals surface area contributed by atoms with Crippen LogP contribution in [0.25, 0.3) is 0 Å². The topological polar surface area (TPSA) is 33.2 Å². The van der Waals surface area contributed by atoms with Crippen LogP contribution in [0.1, 0.15) is 34.0 Å². The Kier molecular flexibility index (Phi) is 6.12. The summed E-state index contributed by atoms with van der Waals surface area (Å²) in [6, 6.07) is 4.33. The van der Waals surface area contributed by atoms with Crippen LogP contribution in [0.2, 0.25) is 0 Å². The number of amides is 1. The van der Waals surface area contributed by atoms with Gasteiger partial charge in [-0.15, -0.1) is 0 Å². The molecule has 146 valence electrons. The number of rotatable bonds is 5. The fourth-order valence-corrected chi connectivity index (χ4v) is 2.48. The zero-order valence-electron chi connectivity index (χ0n) is 14.2. The van der Waals surface area contributed by atoms with Crippen LogP contribution in [0.15, 0.2) is 42.7 Å². The minimum atomic E-state index is -5.00. The van der Waals surface area contributed by atoms with Crippen molar-refractivity contribution in [2.75, 3.05) is 13.1 Å². The van der Waals surface area contributed by atoms with Gasteiger partial charge in [-0.1, -0.05) is 0 Å². The molecule has 1 amide bonds. The summed E-state index contributed by atoms with van der Waals surface area (Å²) in [5.74, 6) is -0.886. The Hall–Kier alpha value is -2.58. The first kappa shape index (κ1) is 20.7. The smallest absolute Gasteiger partial charge is 0.339 e. The fourth-order valence-electron chi connectivity index (χ4n) is 2.48. The Morgan fingerprint density at radius 3 is 1.93 bits per heavy atom. The van der Waals surface area contributed by atoms with E-state index in [-0.39, 0.29) is 19.2 Å². The zero-order chi connectivity index (χ0) is 20.2. The molecule has 1 aromatic carbocycles. The maximum absolute atomic E-state index is 13.0. The second-order valence-corrected chi connectivity index (χ2v) is 5.78. The van der Waals surface area contributed by atoms with Crippen molar-refractivity contribution in [1.82, 2.24) is 9.88 Å². The van der Waals surface area contributed by atoms with Gasteiger partial charge in [-0.25, -0.2) is 0 Å². The van der Waals surface area contributed by atoms with Gasteiger partial charge in [-0.2, -0.15) is 26.3 Å². The molecule has 1 aromatic heterocycles. The molecule has 2 rings (SSSR count). The van der Waals surface area contributed by atoms with E-state index < -0.39 is 35.0 Å². The summed E-state index contributed by atoms with van der Waals surface area (Å²) in [6.07, 6.45) is -6.49. The molecule has 0 saturated carbocycles. The van der Waals surface area contributed by atoms with Crippen molar-refractivity contribution in [2.45, 2.75) is 25.7 Å². The van der Waals surface area contributed by atoms with Gasteiger partial charge in [-0.3, -0.25) is 9.78 Å². The van der Waals surface area contributed by atoms with E-state index in [1.54, 1.807) is 31.5 Å². The van der Waals surface area contributed by atoms with Gasteiger partial charge in [0.1, 0.15) is 0 Å². The van der Waals surface area contributed by atoms with Crippen LogP contribution in [-0.2, 0) is 18.8 Å². The summed E-state index contributed by atoms with van der Waals surface area (Å²) < 4.78 is 77.7. The van der Waals surface area contributed by atoms with E-state index in [0.717, 1.165) is 5.56 Å². The number of halogens is 6. The first-order chi connectivity index (χ1) is 12.5. The molecule has 9 heteroatoms. The molecular weight excluding hydrogens is 374 g/mol. The van der Waals surface area contributed by atoms with E-state index in [0.29, 0.717) is 18.6 Å². The number of alkyl halides is 6. The predicted molar refractivity (Wildman–Crippen MR) is 86.0 cm³/mol. The monoisotopic (exact) mass is 390 g/mol. The van der Waals surface area contributed by atoms with Crippen molar-refractivity contribution in [2.24, 2.45) is 0 Å². The van der Waals surface area contributed by atoms with Crippen molar-refractivity contribution >= 4 is 5.91 Å². The molecule has 1 heterocycles. The van der Waals surface area contributed by atoms with E-state index >= 15 is 0 Å². The number of nitrogens with zero attached hydrogens (tertiary/aromatic N) is 2. The summed E-state index contributed by atoms with van der Waals surface area (Å²) in [5, 5.41) is 0. The Balaban J connectivity index is 2.31. The predicted octanol–water partition coefficient (Wildman–Crippen LogP) is 4.82. The number of aromatic nitrogens is 1. The molecule has 0 atom stereocenters.